The Hall–Kier alpha value is -3.47. The van der Waals surface area contributed by atoms with Gasteiger partial charge in [0.1, 0.15) is 29.1 Å². The van der Waals surface area contributed by atoms with Crippen LogP contribution in [0.25, 0.3) is 11.0 Å². The van der Waals surface area contributed by atoms with Gasteiger partial charge in [0.25, 0.3) is 0 Å². The number of carbonyl (C=O) groups excluding carboxylic acids is 1. The number of anilines is 2. The van der Waals surface area contributed by atoms with Crippen LogP contribution in [0.15, 0.2) is 61.1 Å². The lowest BCUT2D eigenvalue weighted by molar-refractivity contribution is -0.118. The Morgan fingerprint density at radius 3 is 2.74 bits per heavy atom. The molecule has 1 fully saturated rings. The zero-order chi connectivity index (χ0) is 27.4. The molecular formula is C28H32ClN5O4S. The van der Waals surface area contributed by atoms with E-state index in [-0.39, 0.29) is 11.7 Å². The Bertz CT molecular complexity index is 1470. The third-order valence-corrected chi connectivity index (χ3v) is 7.38. The molecule has 1 aliphatic rings. The highest BCUT2D eigenvalue weighted by atomic mass is 35.5. The molecule has 2 heterocycles. The first-order valence-electron chi connectivity index (χ1n) is 12.7. The van der Waals surface area contributed by atoms with Crippen LogP contribution >= 0.6 is 21.9 Å². The van der Waals surface area contributed by atoms with E-state index in [1.165, 1.54) is 19.2 Å². The van der Waals surface area contributed by atoms with Crippen LogP contribution in [0.2, 0.25) is 5.02 Å². The molecule has 0 saturated heterocycles. The molecule has 3 N–H and O–H groups in total. The number of halogens is 1. The maximum absolute atomic E-state index is 12.1. The van der Waals surface area contributed by atoms with Gasteiger partial charge in [-0.15, -0.1) is 10.3 Å². The summed E-state index contributed by atoms with van der Waals surface area (Å²) in [5.41, 5.74) is 2.32. The van der Waals surface area contributed by atoms with Crippen LogP contribution in [0.1, 0.15) is 12.8 Å². The van der Waals surface area contributed by atoms with Crippen LogP contribution in [0.3, 0.4) is 0 Å². The number of aromatic nitrogens is 3. The highest BCUT2D eigenvalue weighted by Gasteiger charge is 2.22. The second-order valence-electron chi connectivity index (χ2n) is 10.0. The minimum Gasteiger partial charge on any atom is -0.493 e. The monoisotopic (exact) mass is 569 g/mol. The van der Waals surface area contributed by atoms with Gasteiger partial charge in [-0.2, -0.15) is 0 Å². The molecule has 0 atom stereocenters. The lowest BCUT2D eigenvalue weighted by atomic mass is 10.2. The van der Waals surface area contributed by atoms with Crippen molar-refractivity contribution < 1.29 is 18.8 Å². The van der Waals surface area contributed by atoms with Crippen molar-refractivity contribution >= 4 is 50.4 Å². The standard InChI is InChI=1S/C28H32ClN5O4S/c1-39(2,36)17-26(35)30-11-13-34-12-10-24-27(34)28(32-18-31-24)33-20-8-9-25(23(29)14-20)38-22-5-3-4-21(15-22)37-16-19-6-7-19/h3-5,8-10,12,14-15,18-19,36H,6-7,11,13,16-17H2,1-2H3,(H,30,35)(H,31,32,33). The highest BCUT2D eigenvalue weighted by molar-refractivity contribution is 8.28. The van der Waals surface area contributed by atoms with E-state index in [4.69, 9.17) is 21.1 Å². The summed E-state index contributed by atoms with van der Waals surface area (Å²) >= 11 is 6.58. The van der Waals surface area contributed by atoms with Gasteiger partial charge in [0.05, 0.1) is 22.9 Å². The zero-order valence-electron chi connectivity index (χ0n) is 21.9. The van der Waals surface area contributed by atoms with Crippen LogP contribution in [0.4, 0.5) is 11.5 Å². The first-order valence-corrected chi connectivity index (χ1v) is 15.7. The lowest BCUT2D eigenvalue weighted by Crippen LogP contribution is -2.31. The van der Waals surface area contributed by atoms with E-state index >= 15 is 0 Å². The average Bonchev–Trinajstić information content (AvgIpc) is 3.62. The van der Waals surface area contributed by atoms with Crippen LogP contribution in [0, 0.1) is 5.92 Å². The molecule has 0 bridgehead atoms. The van der Waals surface area contributed by atoms with Crippen molar-refractivity contribution in [3.63, 3.8) is 0 Å². The van der Waals surface area contributed by atoms with Gasteiger partial charge in [0, 0.05) is 31.0 Å². The third kappa shape index (κ3) is 7.56. The number of amides is 1. The predicted molar refractivity (Wildman–Crippen MR) is 157 cm³/mol. The fraction of sp³-hybridized carbons (Fsp3) is 0.321. The summed E-state index contributed by atoms with van der Waals surface area (Å²) in [4.78, 5) is 20.9. The zero-order valence-corrected chi connectivity index (χ0v) is 23.5. The summed E-state index contributed by atoms with van der Waals surface area (Å²) < 4.78 is 23.8. The fourth-order valence-electron chi connectivity index (χ4n) is 4.05. The van der Waals surface area contributed by atoms with E-state index in [1.54, 1.807) is 24.6 Å². The normalized spacial score (nSPS) is 13.7. The molecule has 0 radical (unpaired) electrons. The Balaban J connectivity index is 1.25. The topological polar surface area (TPSA) is 111 Å². The van der Waals surface area contributed by atoms with Crippen LogP contribution in [-0.2, 0) is 11.3 Å². The van der Waals surface area contributed by atoms with E-state index < -0.39 is 10.3 Å². The summed E-state index contributed by atoms with van der Waals surface area (Å²) in [7, 11) is -1.89. The number of rotatable bonds is 12. The Labute approximate surface area is 234 Å². The van der Waals surface area contributed by atoms with E-state index in [2.05, 4.69) is 20.6 Å². The van der Waals surface area contributed by atoms with Crippen molar-refractivity contribution in [2.75, 3.05) is 36.7 Å². The molecule has 0 spiro atoms. The molecule has 9 nitrogen and oxygen atoms in total. The van der Waals surface area contributed by atoms with Gasteiger partial charge in [-0.05, 0) is 67.7 Å². The molecule has 0 aliphatic heterocycles. The molecule has 11 heteroatoms. The largest absolute Gasteiger partial charge is 0.493 e. The van der Waals surface area contributed by atoms with Gasteiger partial charge in [0.2, 0.25) is 5.91 Å². The van der Waals surface area contributed by atoms with Crippen LogP contribution in [0.5, 0.6) is 17.2 Å². The molecule has 1 saturated carbocycles. The SMILES string of the molecule is CS(C)(O)CC(=O)NCCn1ccc2ncnc(Nc3ccc(Oc4cccc(OCC5CC5)c4)c(Cl)c3)c21. The summed E-state index contributed by atoms with van der Waals surface area (Å²) in [5.74, 6) is 3.20. The van der Waals surface area contributed by atoms with Crippen molar-refractivity contribution in [2.24, 2.45) is 5.92 Å². The minimum atomic E-state index is -1.89. The minimum absolute atomic E-state index is 0.120. The second-order valence-corrected chi connectivity index (χ2v) is 13.7. The summed E-state index contributed by atoms with van der Waals surface area (Å²) in [6, 6.07) is 14.9. The molecule has 4 aromatic rings. The van der Waals surface area contributed by atoms with Crippen molar-refractivity contribution in [1.29, 1.82) is 0 Å². The lowest BCUT2D eigenvalue weighted by Gasteiger charge is -2.22. The van der Waals surface area contributed by atoms with Gasteiger partial charge in [0.15, 0.2) is 5.82 Å². The number of hydrogen-bond donors (Lipinski definition) is 3. The number of nitrogens with one attached hydrogen (secondary N) is 2. The Morgan fingerprint density at radius 1 is 1.15 bits per heavy atom. The number of carbonyl (C=O) groups is 1. The third-order valence-electron chi connectivity index (χ3n) is 6.12. The van der Waals surface area contributed by atoms with Crippen LogP contribution in [-0.4, -0.2) is 56.4 Å². The van der Waals surface area contributed by atoms with Gasteiger partial charge in [-0.1, -0.05) is 17.7 Å². The molecule has 1 aliphatic carbocycles. The number of benzene rings is 2. The Morgan fingerprint density at radius 2 is 1.97 bits per heavy atom. The van der Waals surface area contributed by atoms with E-state index in [0.29, 0.717) is 41.3 Å². The second kappa shape index (κ2) is 11.7. The van der Waals surface area contributed by atoms with E-state index in [9.17, 15) is 9.35 Å². The van der Waals surface area contributed by atoms with Gasteiger partial charge >= 0.3 is 0 Å². The van der Waals surface area contributed by atoms with E-state index in [0.717, 1.165) is 29.1 Å². The molecule has 39 heavy (non-hydrogen) atoms. The molecular weight excluding hydrogens is 538 g/mol. The molecule has 0 unspecified atom stereocenters. The van der Waals surface area contributed by atoms with Crippen molar-refractivity contribution in [2.45, 2.75) is 19.4 Å². The van der Waals surface area contributed by atoms with Crippen molar-refractivity contribution in [3.8, 4) is 17.2 Å². The molecule has 206 valence electrons. The fourth-order valence-corrected chi connectivity index (χ4v) is 5.01. The number of fused-ring (bicyclic) bond motifs is 1. The van der Waals surface area contributed by atoms with Crippen molar-refractivity contribution in [1.82, 2.24) is 19.9 Å². The molecule has 5 rings (SSSR count). The average molecular weight is 570 g/mol. The summed E-state index contributed by atoms with van der Waals surface area (Å²) in [5, 5.41) is 6.64. The highest BCUT2D eigenvalue weighted by Crippen LogP contribution is 2.35. The predicted octanol–water partition coefficient (Wildman–Crippen LogP) is 6.06. The quantitative estimate of drug-likeness (QED) is 0.190. The van der Waals surface area contributed by atoms with Gasteiger partial charge < -0.3 is 29.2 Å². The van der Waals surface area contributed by atoms with Gasteiger partial charge in [-0.3, -0.25) is 4.79 Å². The first-order chi connectivity index (χ1) is 18.7. The summed E-state index contributed by atoms with van der Waals surface area (Å²) in [6.07, 6.45) is 9.26. The number of hydrogen-bond acceptors (Lipinski definition) is 7. The Kier molecular flexibility index (Phi) is 8.15. The maximum atomic E-state index is 12.1. The van der Waals surface area contributed by atoms with Crippen LogP contribution < -0.4 is 20.1 Å². The molecule has 1 amide bonds. The smallest absolute Gasteiger partial charge is 0.230 e. The van der Waals surface area contributed by atoms with Crippen molar-refractivity contribution in [3.05, 3.63) is 66.1 Å². The maximum Gasteiger partial charge on any atom is 0.230 e. The first kappa shape index (κ1) is 27.1. The molecule has 2 aromatic carbocycles. The van der Waals surface area contributed by atoms with E-state index in [1.807, 2.05) is 47.2 Å². The molecule has 2 aromatic heterocycles. The summed E-state index contributed by atoms with van der Waals surface area (Å²) in [6.45, 7) is 1.68. The van der Waals surface area contributed by atoms with Gasteiger partial charge in [-0.25, -0.2) is 9.97 Å². The number of ether oxygens (including phenoxy) is 2. The number of nitrogens with zero attached hydrogens (tertiary/aromatic N) is 3.